The lowest BCUT2D eigenvalue weighted by Crippen LogP contribution is -2.17. The summed E-state index contributed by atoms with van der Waals surface area (Å²) in [5.41, 5.74) is 6.93. The first-order chi connectivity index (χ1) is 10.4. The minimum atomic E-state index is -0.475. The summed E-state index contributed by atoms with van der Waals surface area (Å²) in [5, 5.41) is 1.82. The molecule has 0 radical (unpaired) electrons. The van der Waals surface area contributed by atoms with E-state index in [0.29, 0.717) is 6.42 Å². The van der Waals surface area contributed by atoms with Crippen LogP contribution in [0.3, 0.4) is 0 Å². The molecule has 2 rings (SSSR count). The van der Waals surface area contributed by atoms with Gasteiger partial charge in [0.15, 0.2) is 11.5 Å². The summed E-state index contributed by atoms with van der Waals surface area (Å²) in [5.74, 6) is -0.489. The molecule has 23 heavy (non-hydrogen) atoms. The summed E-state index contributed by atoms with van der Waals surface area (Å²) in [6.07, 6.45) is 0.698. The van der Waals surface area contributed by atoms with E-state index in [1.54, 1.807) is 12.1 Å². The minimum Gasteiger partial charge on any atom is -0.423 e. The third-order valence-electron chi connectivity index (χ3n) is 3.08. The van der Waals surface area contributed by atoms with Crippen molar-refractivity contribution in [3.63, 3.8) is 0 Å². The fourth-order valence-electron chi connectivity index (χ4n) is 2.34. The van der Waals surface area contributed by atoms with Gasteiger partial charge in [0.2, 0.25) is 0 Å². The number of fused-ring (bicyclic) bond motifs is 1. The van der Waals surface area contributed by atoms with Gasteiger partial charge in [-0.05, 0) is 41.8 Å². The molecule has 0 saturated carbocycles. The van der Waals surface area contributed by atoms with Crippen LogP contribution in [0.1, 0.15) is 26.3 Å². The molecule has 2 N–H and O–H groups in total. The number of rotatable bonds is 4. The highest BCUT2D eigenvalue weighted by Gasteiger charge is 2.14. The maximum atomic E-state index is 11.3. The van der Waals surface area contributed by atoms with Gasteiger partial charge in [-0.15, -0.1) is 12.4 Å². The van der Waals surface area contributed by atoms with Crippen molar-refractivity contribution < 1.29 is 19.1 Å². The Morgan fingerprint density at radius 2 is 1.65 bits per heavy atom. The SMILES string of the molecule is CC(=O)Oc1cc2cccc(CC(C)N)c2cc1OC(C)=O.Cl. The van der Waals surface area contributed by atoms with Crippen molar-refractivity contribution in [2.45, 2.75) is 33.2 Å². The van der Waals surface area contributed by atoms with Crippen LogP contribution in [-0.2, 0) is 16.0 Å². The maximum absolute atomic E-state index is 11.3. The number of hydrogen-bond acceptors (Lipinski definition) is 5. The van der Waals surface area contributed by atoms with Crippen molar-refractivity contribution in [1.82, 2.24) is 0 Å². The minimum absolute atomic E-state index is 0. The second-order valence-corrected chi connectivity index (χ2v) is 5.31. The number of ether oxygens (including phenoxy) is 2. The largest absolute Gasteiger partial charge is 0.423 e. The molecule has 0 aromatic heterocycles. The predicted octanol–water partition coefficient (Wildman–Crippen LogP) is 3.00. The molecule has 2 aromatic rings. The van der Waals surface area contributed by atoms with Gasteiger partial charge in [-0.25, -0.2) is 0 Å². The van der Waals surface area contributed by atoms with E-state index in [2.05, 4.69) is 0 Å². The molecule has 1 atom stereocenters. The van der Waals surface area contributed by atoms with Crippen LogP contribution < -0.4 is 15.2 Å². The van der Waals surface area contributed by atoms with Crippen molar-refractivity contribution in [3.05, 3.63) is 35.9 Å². The molecular weight excluding hydrogens is 318 g/mol. The Kier molecular flexibility index (Phi) is 6.54. The summed E-state index contributed by atoms with van der Waals surface area (Å²) >= 11 is 0. The van der Waals surface area contributed by atoms with Crippen LogP contribution in [0.4, 0.5) is 0 Å². The summed E-state index contributed by atoms with van der Waals surface area (Å²) in [6, 6.07) is 9.23. The first kappa shape index (κ1) is 18.9. The van der Waals surface area contributed by atoms with E-state index in [-0.39, 0.29) is 29.9 Å². The normalized spacial score (nSPS) is 11.5. The van der Waals surface area contributed by atoms with Crippen LogP contribution in [0.5, 0.6) is 11.5 Å². The summed E-state index contributed by atoms with van der Waals surface area (Å²) in [4.78, 5) is 22.5. The Morgan fingerprint density at radius 1 is 1.09 bits per heavy atom. The highest BCUT2D eigenvalue weighted by molar-refractivity contribution is 5.90. The number of carbonyl (C=O) groups excluding carboxylic acids is 2. The zero-order valence-corrected chi connectivity index (χ0v) is 14.1. The lowest BCUT2D eigenvalue weighted by molar-refractivity contribution is -0.134. The van der Waals surface area contributed by atoms with E-state index in [9.17, 15) is 9.59 Å². The maximum Gasteiger partial charge on any atom is 0.308 e. The van der Waals surface area contributed by atoms with Gasteiger partial charge in [-0.2, -0.15) is 0 Å². The topological polar surface area (TPSA) is 78.6 Å². The standard InChI is InChI=1S/C17H19NO4.ClH/c1-10(18)7-13-5-4-6-14-8-16(21-11(2)19)17(9-15(13)14)22-12(3)20;/h4-6,8-10H,7,18H2,1-3H3;1H. The van der Waals surface area contributed by atoms with E-state index in [1.165, 1.54) is 13.8 Å². The van der Waals surface area contributed by atoms with Crippen LogP contribution in [-0.4, -0.2) is 18.0 Å². The van der Waals surface area contributed by atoms with E-state index in [4.69, 9.17) is 15.2 Å². The molecule has 5 nitrogen and oxygen atoms in total. The second-order valence-electron chi connectivity index (χ2n) is 5.31. The summed E-state index contributed by atoms with van der Waals surface area (Å²) < 4.78 is 10.3. The fourth-order valence-corrected chi connectivity index (χ4v) is 2.34. The van der Waals surface area contributed by atoms with Crippen LogP contribution in [0.2, 0.25) is 0 Å². The van der Waals surface area contributed by atoms with Crippen LogP contribution in [0.15, 0.2) is 30.3 Å². The highest BCUT2D eigenvalue weighted by atomic mass is 35.5. The molecule has 0 aliphatic rings. The van der Waals surface area contributed by atoms with Crippen LogP contribution in [0.25, 0.3) is 10.8 Å². The Morgan fingerprint density at radius 3 is 2.17 bits per heavy atom. The number of nitrogens with two attached hydrogens (primary N) is 1. The molecule has 0 aliphatic carbocycles. The molecular formula is C17H20ClNO4. The second kappa shape index (κ2) is 7.94. The lowest BCUT2D eigenvalue weighted by Gasteiger charge is -2.13. The van der Waals surface area contributed by atoms with Gasteiger partial charge in [0, 0.05) is 19.9 Å². The predicted molar refractivity (Wildman–Crippen MR) is 91.2 cm³/mol. The van der Waals surface area contributed by atoms with Gasteiger partial charge in [0.05, 0.1) is 0 Å². The molecule has 0 bridgehead atoms. The zero-order valence-electron chi connectivity index (χ0n) is 13.3. The average molecular weight is 338 g/mol. The first-order valence-electron chi connectivity index (χ1n) is 7.05. The lowest BCUT2D eigenvalue weighted by atomic mass is 9.99. The van der Waals surface area contributed by atoms with E-state index >= 15 is 0 Å². The third kappa shape index (κ3) is 4.94. The van der Waals surface area contributed by atoms with Crippen LogP contribution in [0, 0.1) is 0 Å². The highest BCUT2D eigenvalue weighted by Crippen LogP contribution is 2.34. The Labute approximate surface area is 141 Å². The molecule has 0 aliphatic heterocycles. The molecule has 2 aromatic carbocycles. The molecule has 1 unspecified atom stereocenters. The summed E-state index contributed by atoms with van der Waals surface area (Å²) in [7, 11) is 0. The van der Waals surface area contributed by atoms with Gasteiger partial charge in [0.1, 0.15) is 0 Å². The number of carbonyl (C=O) groups is 2. The van der Waals surface area contributed by atoms with E-state index in [0.717, 1.165) is 16.3 Å². The molecule has 0 heterocycles. The fraction of sp³-hybridized carbons (Fsp3) is 0.294. The molecule has 6 heteroatoms. The van der Waals surface area contributed by atoms with Crippen molar-refractivity contribution in [2.24, 2.45) is 5.73 Å². The quantitative estimate of drug-likeness (QED) is 0.685. The molecule has 0 saturated heterocycles. The molecule has 0 amide bonds. The molecule has 0 spiro atoms. The molecule has 124 valence electrons. The number of hydrogen-bond donors (Lipinski definition) is 1. The van der Waals surface area contributed by atoms with Crippen molar-refractivity contribution >= 4 is 35.1 Å². The summed E-state index contributed by atoms with van der Waals surface area (Å²) in [6.45, 7) is 4.53. The first-order valence-corrected chi connectivity index (χ1v) is 7.05. The van der Waals surface area contributed by atoms with E-state index < -0.39 is 11.9 Å². The Hall–Kier alpha value is -2.11. The zero-order chi connectivity index (χ0) is 16.3. The van der Waals surface area contributed by atoms with Gasteiger partial charge >= 0.3 is 11.9 Å². The average Bonchev–Trinajstić information content (AvgIpc) is 2.38. The monoisotopic (exact) mass is 337 g/mol. The smallest absolute Gasteiger partial charge is 0.308 e. The van der Waals surface area contributed by atoms with Crippen molar-refractivity contribution in [1.29, 1.82) is 0 Å². The van der Waals surface area contributed by atoms with Crippen molar-refractivity contribution in [3.8, 4) is 11.5 Å². The van der Waals surface area contributed by atoms with Gasteiger partial charge in [-0.3, -0.25) is 9.59 Å². The number of benzene rings is 2. The van der Waals surface area contributed by atoms with E-state index in [1.807, 2.05) is 25.1 Å². The third-order valence-corrected chi connectivity index (χ3v) is 3.08. The van der Waals surface area contributed by atoms with Gasteiger partial charge in [0.25, 0.3) is 0 Å². The van der Waals surface area contributed by atoms with Gasteiger partial charge in [-0.1, -0.05) is 18.2 Å². The Bertz CT molecular complexity index is 728. The number of esters is 2. The molecule has 0 fully saturated rings. The van der Waals surface area contributed by atoms with Gasteiger partial charge < -0.3 is 15.2 Å². The van der Waals surface area contributed by atoms with Crippen molar-refractivity contribution in [2.75, 3.05) is 0 Å². The van der Waals surface area contributed by atoms with Crippen LogP contribution >= 0.6 is 12.4 Å². The number of halogens is 1. The Balaban J connectivity index is 0.00000264.